The van der Waals surface area contributed by atoms with E-state index in [0.717, 1.165) is 75.5 Å². The molecule has 3 aliphatic heterocycles. The topological polar surface area (TPSA) is 72.0 Å². The van der Waals surface area contributed by atoms with E-state index in [1.54, 1.807) is 4.90 Å². The van der Waals surface area contributed by atoms with Gasteiger partial charge in [0, 0.05) is 63.2 Å². The van der Waals surface area contributed by atoms with Crippen LogP contribution in [-0.2, 0) is 11.0 Å². The Hall–Kier alpha value is -3.34. The third kappa shape index (κ3) is 6.68. The number of rotatable bonds is 4. The molecule has 3 aliphatic rings. The molecule has 3 amide bonds. The number of carbonyl (C=O) groups is 2. The monoisotopic (exact) mass is 558 g/mol. The van der Waals surface area contributed by atoms with E-state index in [0.29, 0.717) is 37.9 Å². The van der Waals surface area contributed by atoms with Crippen LogP contribution >= 0.6 is 0 Å². The lowest BCUT2D eigenvalue weighted by Gasteiger charge is -2.43. The minimum Gasteiger partial charge on any atom is -0.353 e. The fourth-order valence-electron chi connectivity index (χ4n) is 6.04. The van der Waals surface area contributed by atoms with Gasteiger partial charge in [0.05, 0.1) is 11.5 Å². The molecule has 0 aliphatic carbocycles. The van der Waals surface area contributed by atoms with E-state index in [2.05, 4.69) is 20.1 Å². The molecular weight excluding hydrogens is 521 g/mol. The van der Waals surface area contributed by atoms with Gasteiger partial charge in [0.25, 0.3) is 0 Å². The van der Waals surface area contributed by atoms with Gasteiger partial charge in [-0.3, -0.25) is 9.69 Å². The standard InChI is InChI=1S/C29H37F3N6O2/c1-21-4-2-6-26(33-21)35-16-18-36(19-17-35)27(39)22-5-3-13-38(20-22)25-11-14-37(15-12-25)28(40)34-24-9-7-23(8-10-24)29(30,31)32/h2,4,6-10,22,25H,3,5,11-20H2,1H3,(H,34,40). The van der Waals surface area contributed by atoms with Gasteiger partial charge in [0.2, 0.25) is 5.91 Å². The Kier molecular flexibility index (Phi) is 8.48. The number of aromatic nitrogens is 1. The molecule has 40 heavy (non-hydrogen) atoms. The molecule has 11 heteroatoms. The second-order valence-electron chi connectivity index (χ2n) is 11.0. The zero-order chi connectivity index (χ0) is 28.3. The smallest absolute Gasteiger partial charge is 0.353 e. The molecule has 0 radical (unpaired) electrons. The highest BCUT2D eigenvalue weighted by Gasteiger charge is 2.35. The Balaban J connectivity index is 1.07. The van der Waals surface area contributed by atoms with E-state index in [9.17, 15) is 22.8 Å². The Labute approximate surface area is 233 Å². The molecule has 0 saturated carbocycles. The molecule has 3 fully saturated rings. The number of anilines is 2. The van der Waals surface area contributed by atoms with Crippen molar-refractivity contribution in [3.63, 3.8) is 0 Å². The molecule has 0 spiro atoms. The number of nitrogens with one attached hydrogen (secondary N) is 1. The van der Waals surface area contributed by atoms with Crippen LogP contribution in [0.3, 0.4) is 0 Å². The summed E-state index contributed by atoms with van der Waals surface area (Å²) < 4.78 is 38.4. The summed E-state index contributed by atoms with van der Waals surface area (Å²) in [5.41, 5.74) is 0.587. The minimum atomic E-state index is -4.41. The van der Waals surface area contributed by atoms with E-state index in [1.807, 2.05) is 30.0 Å². The second-order valence-corrected chi connectivity index (χ2v) is 11.0. The van der Waals surface area contributed by atoms with Gasteiger partial charge in [0.1, 0.15) is 5.82 Å². The fraction of sp³-hybridized carbons (Fsp3) is 0.552. The highest BCUT2D eigenvalue weighted by Crippen LogP contribution is 2.30. The molecule has 8 nitrogen and oxygen atoms in total. The Morgan fingerprint density at radius 1 is 0.875 bits per heavy atom. The van der Waals surface area contributed by atoms with Crippen molar-refractivity contribution < 1.29 is 22.8 Å². The highest BCUT2D eigenvalue weighted by molar-refractivity contribution is 5.89. The molecule has 1 unspecified atom stereocenters. The summed E-state index contributed by atoms with van der Waals surface area (Å²) in [6, 6.07) is 10.5. The van der Waals surface area contributed by atoms with Crippen molar-refractivity contribution in [2.45, 2.75) is 44.8 Å². The molecular formula is C29H37F3N6O2. The number of amides is 3. The van der Waals surface area contributed by atoms with Gasteiger partial charge in [-0.25, -0.2) is 9.78 Å². The zero-order valence-electron chi connectivity index (χ0n) is 22.9. The van der Waals surface area contributed by atoms with Crippen LogP contribution in [0.4, 0.5) is 29.5 Å². The van der Waals surface area contributed by atoms with E-state index in [4.69, 9.17) is 0 Å². The number of hydrogen-bond donors (Lipinski definition) is 1. The zero-order valence-corrected chi connectivity index (χ0v) is 22.9. The first-order chi connectivity index (χ1) is 19.2. The molecule has 1 atom stereocenters. The number of piperazine rings is 1. The van der Waals surface area contributed by atoms with Crippen molar-refractivity contribution in [1.82, 2.24) is 19.7 Å². The van der Waals surface area contributed by atoms with Gasteiger partial charge in [-0.05, 0) is 75.5 Å². The van der Waals surface area contributed by atoms with Crippen LogP contribution in [0, 0.1) is 12.8 Å². The van der Waals surface area contributed by atoms with Crippen LogP contribution in [0.25, 0.3) is 0 Å². The van der Waals surface area contributed by atoms with E-state index >= 15 is 0 Å². The number of piperidine rings is 2. The van der Waals surface area contributed by atoms with Gasteiger partial charge in [0.15, 0.2) is 0 Å². The summed E-state index contributed by atoms with van der Waals surface area (Å²) in [4.78, 5) is 39.1. The van der Waals surface area contributed by atoms with Gasteiger partial charge in [-0.15, -0.1) is 0 Å². The van der Waals surface area contributed by atoms with Gasteiger partial charge in [-0.2, -0.15) is 13.2 Å². The van der Waals surface area contributed by atoms with Crippen LogP contribution in [0.1, 0.15) is 36.9 Å². The van der Waals surface area contributed by atoms with Crippen LogP contribution in [0.5, 0.6) is 0 Å². The van der Waals surface area contributed by atoms with Crippen LogP contribution in [0.2, 0.25) is 0 Å². The lowest BCUT2D eigenvalue weighted by Crippen LogP contribution is -2.55. The summed E-state index contributed by atoms with van der Waals surface area (Å²) in [5.74, 6) is 1.21. The van der Waals surface area contributed by atoms with Gasteiger partial charge in [-0.1, -0.05) is 6.07 Å². The number of urea groups is 1. The quantitative estimate of drug-likeness (QED) is 0.600. The number of aryl methyl sites for hydroxylation is 1. The number of carbonyl (C=O) groups excluding carboxylic acids is 2. The summed E-state index contributed by atoms with van der Waals surface area (Å²) in [6.07, 6.45) is -0.897. The summed E-state index contributed by atoms with van der Waals surface area (Å²) in [7, 11) is 0. The lowest BCUT2D eigenvalue weighted by molar-refractivity contribution is -0.138. The normalized spacial score (nSPS) is 21.4. The predicted molar refractivity (Wildman–Crippen MR) is 147 cm³/mol. The van der Waals surface area contributed by atoms with Crippen molar-refractivity contribution in [1.29, 1.82) is 0 Å². The first kappa shape index (κ1) is 28.2. The van der Waals surface area contributed by atoms with Crippen molar-refractivity contribution in [3.05, 3.63) is 53.7 Å². The van der Waals surface area contributed by atoms with Crippen molar-refractivity contribution in [2.75, 3.05) is 62.6 Å². The van der Waals surface area contributed by atoms with E-state index in [1.165, 1.54) is 12.1 Å². The maximum absolute atomic E-state index is 13.4. The molecule has 0 bridgehead atoms. The molecule has 1 aromatic heterocycles. The number of halogens is 3. The number of benzene rings is 1. The number of alkyl halides is 3. The van der Waals surface area contributed by atoms with Crippen LogP contribution in [0.15, 0.2) is 42.5 Å². The van der Waals surface area contributed by atoms with Crippen molar-refractivity contribution >= 4 is 23.4 Å². The van der Waals surface area contributed by atoms with Gasteiger partial charge >= 0.3 is 12.2 Å². The Morgan fingerprint density at radius 2 is 1.57 bits per heavy atom. The first-order valence-corrected chi connectivity index (χ1v) is 14.1. The molecule has 216 valence electrons. The molecule has 1 N–H and O–H groups in total. The SMILES string of the molecule is Cc1cccc(N2CCN(C(=O)C3CCCN(C4CCN(C(=O)Nc5ccc(C(F)(F)F)cc5)CC4)C3)CC2)n1. The van der Waals surface area contributed by atoms with E-state index in [-0.39, 0.29) is 17.9 Å². The summed E-state index contributed by atoms with van der Waals surface area (Å²) in [6.45, 7) is 7.81. The van der Waals surface area contributed by atoms with Crippen molar-refractivity contribution in [2.24, 2.45) is 5.92 Å². The molecule has 5 rings (SSSR count). The molecule has 2 aromatic rings. The largest absolute Gasteiger partial charge is 0.416 e. The Bertz CT molecular complexity index is 1180. The average Bonchev–Trinajstić information content (AvgIpc) is 2.97. The minimum absolute atomic E-state index is 0.00149. The van der Waals surface area contributed by atoms with Gasteiger partial charge < -0.3 is 20.0 Å². The number of pyridine rings is 1. The molecule has 3 saturated heterocycles. The van der Waals surface area contributed by atoms with E-state index < -0.39 is 11.7 Å². The third-order valence-corrected chi connectivity index (χ3v) is 8.32. The van der Waals surface area contributed by atoms with Crippen LogP contribution < -0.4 is 10.2 Å². The summed E-state index contributed by atoms with van der Waals surface area (Å²) in [5, 5.41) is 2.71. The number of hydrogen-bond acceptors (Lipinski definition) is 5. The lowest BCUT2D eigenvalue weighted by atomic mass is 9.92. The average molecular weight is 559 g/mol. The fourth-order valence-corrected chi connectivity index (χ4v) is 6.04. The molecule has 4 heterocycles. The first-order valence-electron chi connectivity index (χ1n) is 14.1. The predicted octanol–water partition coefficient (Wildman–Crippen LogP) is 4.47. The number of likely N-dealkylation sites (tertiary alicyclic amines) is 2. The third-order valence-electron chi connectivity index (χ3n) is 8.32. The second kappa shape index (κ2) is 12.0. The maximum Gasteiger partial charge on any atom is 0.416 e. The van der Waals surface area contributed by atoms with Crippen molar-refractivity contribution in [3.8, 4) is 0 Å². The summed E-state index contributed by atoms with van der Waals surface area (Å²) >= 11 is 0. The highest BCUT2D eigenvalue weighted by atomic mass is 19.4. The molecule has 1 aromatic carbocycles. The van der Waals surface area contributed by atoms with Crippen LogP contribution in [-0.4, -0.2) is 90.0 Å². The Morgan fingerprint density at radius 3 is 2.23 bits per heavy atom. The number of nitrogens with zero attached hydrogens (tertiary/aromatic N) is 5. The maximum atomic E-state index is 13.4.